The molecule has 0 unspecified atom stereocenters. The Kier molecular flexibility index (Phi) is 2.23. The number of Topliss-reactive ketones (excluding diaryl/α,β-unsaturated/α-hetero) is 1. The average molecular weight is 314 g/mol. The molecule has 1 fully saturated rings. The number of hydrogen-bond acceptors (Lipinski definition) is 2. The molecule has 0 spiro atoms. The van der Waals surface area contributed by atoms with E-state index in [2.05, 4.69) is 28.7 Å². The highest BCUT2D eigenvalue weighted by atomic mass is 127. The molecule has 3 heteroatoms. The molecule has 0 atom stereocenters. The molecule has 15 heavy (non-hydrogen) atoms. The molecule has 0 N–H and O–H groups in total. The van der Waals surface area contributed by atoms with Crippen LogP contribution in [-0.4, -0.2) is 12.4 Å². The van der Waals surface area contributed by atoms with Gasteiger partial charge in [0.15, 0.2) is 5.78 Å². The molecule has 2 aliphatic rings. The van der Waals surface area contributed by atoms with Crippen LogP contribution in [0.25, 0.3) is 0 Å². The first kappa shape index (κ1) is 9.63. The van der Waals surface area contributed by atoms with E-state index in [-0.39, 0.29) is 11.7 Å². The molecule has 0 bridgehead atoms. The summed E-state index contributed by atoms with van der Waals surface area (Å²) in [5.74, 6) is 1.41. The van der Waals surface area contributed by atoms with Gasteiger partial charge in [0.05, 0.1) is 12.2 Å². The Morgan fingerprint density at radius 1 is 1.40 bits per heavy atom. The van der Waals surface area contributed by atoms with Crippen molar-refractivity contribution in [3.05, 3.63) is 26.8 Å². The van der Waals surface area contributed by atoms with Crippen LogP contribution in [0.5, 0.6) is 5.75 Å². The van der Waals surface area contributed by atoms with Crippen LogP contribution in [0.2, 0.25) is 0 Å². The van der Waals surface area contributed by atoms with Gasteiger partial charge in [-0.3, -0.25) is 4.79 Å². The second kappa shape index (κ2) is 3.47. The average Bonchev–Trinajstić information content (AvgIpc) is 2.96. The topological polar surface area (TPSA) is 26.3 Å². The molecule has 0 saturated heterocycles. The Bertz CT molecular complexity index is 435. The Morgan fingerprint density at radius 3 is 2.93 bits per heavy atom. The van der Waals surface area contributed by atoms with Crippen molar-refractivity contribution in [2.75, 3.05) is 6.61 Å². The van der Waals surface area contributed by atoms with Crippen LogP contribution in [-0.2, 0) is 6.42 Å². The predicted octanol–water partition coefficient (Wildman–Crippen LogP) is 2.82. The molecule has 0 amide bonds. The summed E-state index contributed by atoms with van der Waals surface area (Å²) in [6, 6.07) is 4.08. The third-order valence-electron chi connectivity index (χ3n) is 2.96. The van der Waals surface area contributed by atoms with Gasteiger partial charge in [0.1, 0.15) is 5.75 Å². The zero-order valence-corrected chi connectivity index (χ0v) is 10.4. The van der Waals surface area contributed by atoms with Crippen molar-refractivity contribution in [2.24, 2.45) is 5.92 Å². The number of fused-ring (bicyclic) bond motifs is 1. The normalized spacial score (nSPS) is 18.5. The summed E-state index contributed by atoms with van der Waals surface area (Å²) in [5.41, 5.74) is 2.02. The van der Waals surface area contributed by atoms with Crippen molar-refractivity contribution in [3.8, 4) is 5.75 Å². The number of carbonyl (C=O) groups is 1. The fraction of sp³-hybridized carbons (Fsp3) is 0.417. The molecule has 1 aromatic carbocycles. The van der Waals surface area contributed by atoms with Gasteiger partial charge in [-0.15, -0.1) is 0 Å². The number of benzene rings is 1. The fourth-order valence-electron chi connectivity index (χ4n) is 2.02. The lowest BCUT2D eigenvalue weighted by Gasteiger charge is -2.07. The molecule has 1 aromatic rings. The standard InChI is InChI=1S/C12H11IO2/c13-9-5-8-3-4-15-12(8)10(6-9)11(14)7-1-2-7/h5-7H,1-4H2. The molecule has 0 radical (unpaired) electrons. The molecule has 1 heterocycles. The number of ketones is 1. The second-order valence-electron chi connectivity index (χ2n) is 4.18. The van der Waals surface area contributed by atoms with Crippen LogP contribution in [0, 0.1) is 9.49 Å². The van der Waals surface area contributed by atoms with Crippen molar-refractivity contribution >= 4 is 28.4 Å². The Labute approximate surface area is 102 Å². The zero-order chi connectivity index (χ0) is 10.4. The smallest absolute Gasteiger partial charge is 0.169 e. The van der Waals surface area contributed by atoms with Crippen LogP contribution < -0.4 is 4.74 Å². The molecule has 1 saturated carbocycles. The molecular formula is C12H11IO2. The van der Waals surface area contributed by atoms with Crippen molar-refractivity contribution in [3.63, 3.8) is 0 Å². The monoisotopic (exact) mass is 314 g/mol. The molecule has 0 aromatic heterocycles. The molecule has 2 nitrogen and oxygen atoms in total. The van der Waals surface area contributed by atoms with Gasteiger partial charge >= 0.3 is 0 Å². The van der Waals surface area contributed by atoms with E-state index in [4.69, 9.17) is 4.74 Å². The summed E-state index contributed by atoms with van der Waals surface area (Å²) < 4.78 is 6.70. The second-order valence-corrected chi connectivity index (χ2v) is 5.42. The minimum absolute atomic E-state index is 0.275. The maximum Gasteiger partial charge on any atom is 0.169 e. The lowest BCUT2D eigenvalue weighted by molar-refractivity contribution is 0.0964. The first-order valence-corrected chi connectivity index (χ1v) is 6.33. The largest absolute Gasteiger partial charge is 0.492 e. The van der Waals surface area contributed by atoms with Gasteiger partial charge in [-0.2, -0.15) is 0 Å². The molecule has 3 rings (SSSR count). The zero-order valence-electron chi connectivity index (χ0n) is 8.25. The van der Waals surface area contributed by atoms with Crippen LogP contribution in [0.1, 0.15) is 28.8 Å². The van der Waals surface area contributed by atoms with E-state index in [9.17, 15) is 4.79 Å². The van der Waals surface area contributed by atoms with Crippen LogP contribution in [0.3, 0.4) is 0 Å². The number of ether oxygens (including phenoxy) is 1. The van der Waals surface area contributed by atoms with Gasteiger partial charge in [-0.05, 0) is 53.1 Å². The van der Waals surface area contributed by atoms with Gasteiger partial charge in [-0.25, -0.2) is 0 Å². The van der Waals surface area contributed by atoms with E-state index in [0.717, 1.165) is 40.8 Å². The first-order valence-electron chi connectivity index (χ1n) is 5.25. The fourth-order valence-corrected chi connectivity index (χ4v) is 2.71. The minimum Gasteiger partial charge on any atom is -0.492 e. The summed E-state index contributed by atoms with van der Waals surface area (Å²) in [6.07, 6.45) is 3.05. The van der Waals surface area contributed by atoms with Crippen molar-refractivity contribution in [1.82, 2.24) is 0 Å². The van der Waals surface area contributed by atoms with Gasteiger partial charge in [-0.1, -0.05) is 0 Å². The van der Waals surface area contributed by atoms with Crippen molar-refractivity contribution in [2.45, 2.75) is 19.3 Å². The summed E-state index contributed by atoms with van der Waals surface area (Å²) in [6.45, 7) is 0.723. The summed E-state index contributed by atoms with van der Waals surface area (Å²) in [5, 5.41) is 0. The molecule has 1 aliphatic carbocycles. The Morgan fingerprint density at radius 2 is 2.20 bits per heavy atom. The maximum atomic E-state index is 12.0. The number of rotatable bonds is 2. The van der Waals surface area contributed by atoms with E-state index < -0.39 is 0 Å². The minimum atomic E-state index is 0.275. The third kappa shape index (κ3) is 1.67. The Hall–Kier alpha value is -0.580. The molecule has 78 valence electrons. The summed E-state index contributed by atoms with van der Waals surface area (Å²) in [7, 11) is 0. The highest BCUT2D eigenvalue weighted by Gasteiger charge is 2.33. The highest BCUT2D eigenvalue weighted by molar-refractivity contribution is 14.1. The predicted molar refractivity (Wildman–Crippen MR) is 65.4 cm³/mol. The number of halogens is 1. The Balaban J connectivity index is 2.09. The van der Waals surface area contributed by atoms with Gasteiger partial charge in [0.25, 0.3) is 0 Å². The molecule has 1 aliphatic heterocycles. The van der Waals surface area contributed by atoms with Crippen LogP contribution in [0.4, 0.5) is 0 Å². The van der Waals surface area contributed by atoms with Crippen LogP contribution in [0.15, 0.2) is 12.1 Å². The van der Waals surface area contributed by atoms with E-state index in [1.54, 1.807) is 0 Å². The van der Waals surface area contributed by atoms with E-state index in [1.165, 1.54) is 5.56 Å². The third-order valence-corrected chi connectivity index (χ3v) is 3.58. The van der Waals surface area contributed by atoms with Crippen molar-refractivity contribution in [1.29, 1.82) is 0 Å². The maximum absolute atomic E-state index is 12.0. The SMILES string of the molecule is O=C(c1cc(I)cc2c1OCC2)C1CC1. The first-order chi connectivity index (χ1) is 7.25. The number of hydrogen-bond donors (Lipinski definition) is 0. The van der Waals surface area contributed by atoms with E-state index >= 15 is 0 Å². The van der Waals surface area contributed by atoms with E-state index in [0.29, 0.717) is 0 Å². The quantitative estimate of drug-likeness (QED) is 0.620. The van der Waals surface area contributed by atoms with Gasteiger partial charge < -0.3 is 4.74 Å². The van der Waals surface area contributed by atoms with Crippen LogP contribution >= 0.6 is 22.6 Å². The van der Waals surface area contributed by atoms with Gasteiger partial charge in [0, 0.05) is 15.9 Å². The highest BCUT2D eigenvalue weighted by Crippen LogP contribution is 2.38. The van der Waals surface area contributed by atoms with E-state index in [1.807, 2.05) is 6.07 Å². The molecular weight excluding hydrogens is 303 g/mol. The van der Waals surface area contributed by atoms with Crippen molar-refractivity contribution < 1.29 is 9.53 Å². The summed E-state index contributed by atoms with van der Waals surface area (Å²) >= 11 is 2.27. The summed E-state index contributed by atoms with van der Waals surface area (Å²) in [4.78, 5) is 12.0. The number of carbonyl (C=O) groups excluding carboxylic acids is 1. The van der Waals surface area contributed by atoms with Gasteiger partial charge in [0.2, 0.25) is 0 Å². The lowest BCUT2D eigenvalue weighted by Crippen LogP contribution is -2.04. The lowest BCUT2D eigenvalue weighted by atomic mass is 10.0.